The molecule has 0 radical (unpaired) electrons. The van der Waals surface area contributed by atoms with E-state index in [4.69, 9.17) is 0 Å². The van der Waals surface area contributed by atoms with Crippen molar-refractivity contribution in [1.29, 1.82) is 0 Å². The number of nitrogens with one attached hydrogen (secondary N) is 1. The average Bonchev–Trinajstić information content (AvgIpc) is 2.72. The Morgan fingerprint density at radius 3 is 2.38 bits per heavy atom. The maximum absolute atomic E-state index is 12.6. The van der Waals surface area contributed by atoms with Crippen LogP contribution in [0.4, 0.5) is 5.69 Å². The molecule has 0 aromatic heterocycles. The Morgan fingerprint density at radius 1 is 1.14 bits per heavy atom. The summed E-state index contributed by atoms with van der Waals surface area (Å²) in [5.74, 6) is 0.883. The van der Waals surface area contributed by atoms with Gasteiger partial charge in [-0.1, -0.05) is 20.8 Å². The van der Waals surface area contributed by atoms with Crippen molar-refractivity contribution >= 4 is 11.6 Å². The van der Waals surface area contributed by atoms with E-state index in [-0.39, 0.29) is 5.91 Å². The number of hydrogen-bond acceptors (Lipinski definition) is 2. The van der Waals surface area contributed by atoms with Crippen molar-refractivity contribution in [3.8, 4) is 0 Å². The molecule has 116 valence electrons. The van der Waals surface area contributed by atoms with Crippen LogP contribution in [0.15, 0.2) is 24.3 Å². The van der Waals surface area contributed by atoms with Gasteiger partial charge in [-0.2, -0.15) is 0 Å². The highest BCUT2D eigenvalue weighted by molar-refractivity contribution is 5.94. The quantitative estimate of drug-likeness (QED) is 0.891. The molecule has 1 aromatic carbocycles. The highest BCUT2D eigenvalue weighted by Gasteiger charge is 2.28. The molecule has 1 saturated heterocycles. The van der Waals surface area contributed by atoms with Crippen molar-refractivity contribution in [2.75, 3.05) is 25.5 Å². The van der Waals surface area contributed by atoms with Gasteiger partial charge in [0, 0.05) is 31.4 Å². The molecule has 1 N–H and O–H groups in total. The third-order valence-electron chi connectivity index (χ3n) is 4.66. The second-order valence-electron chi connectivity index (χ2n) is 7.11. The number of hydrogen-bond donors (Lipinski definition) is 1. The minimum absolute atomic E-state index is 0.173. The highest BCUT2D eigenvalue weighted by atomic mass is 16.2. The van der Waals surface area contributed by atoms with Crippen LogP contribution in [0.2, 0.25) is 0 Å². The maximum Gasteiger partial charge on any atom is 0.253 e. The summed E-state index contributed by atoms with van der Waals surface area (Å²) in [4.78, 5) is 14.6. The van der Waals surface area contributed by atoms with Crippen LogP contribution in [-0.2, 0) is 0 Å². The van der Waals surface area contributed by atoms with E-state index in [2.05, 4.69) is 26.1 Å². The molecule has 2 rings (SSSR count). The van der Waals surface area contributed by atoms with Gasteiger partial charge in [0.05, 0.1) is 0 Å². The molecule has 1 aliphatic rings. The van der Waals surface area contributed by atoms with Gasteiger partial charge < -0.3 is 10.2 Å². The SMILES string of the molecule is CNc1ccc(C(=O)N2CCCC(C(C)(C)C)CC2)cc1. The summed E-state index contributed by atoms with van der Waals surface area (Å²) in [5, 5.41) is 3.08. The first-order valence-electron chi connectivity index (χ1n) is 7.99. The summed E-state index contributed by atoms with van der Waals surface area (Å²) in [6.45, 7) is 8.70. The molecule has 0 saturated carbocycles. The number of carbonyl (C=O) groups excluding carboxylic acids is 1. The number of amides is 1. The normalized spacial score (nSPS) is 20.0. The summed E-state index contributed by atoms with van der Waals surface area (Å²) < 4.78 is 0. The fourth-order valence-corrected chi connectivity index (χ4v) is 3.13. The first-order valence-corrected chi connectivity index (χ1v) is 7.99. The van der Waals surface area contributed by atoms with Gasteiger partial charge in [-0.3, -0.25) is 4.79 Å². The van der Waals surface area contributed by atoms with Crippen LogP contribution in [0.3, 0.4) is 0 Å². The van der Waals surface area contributed by atoms with Crippen molar-refractivity contribution in [3.05, 3.63) is 29.8 Å². The molecule has 1 aliphatic heterocycles. The standard InChI is InChI=1S/C18H28N2O/c1-18(2,3)15-6-5-12-20(13-11-15)17(21)14-7-9-16(19-4)10-8-14/h7-10,15,19H,5-6,11-13H2,1-4H3. The molecule has 0 bridgehead atoms. The van der Waals surface area contributed by atoms with Crippen molar-refractivity contribution in [2.45, 2.75) is 40.0 Å². The Kier molecular flexibility index (Phi) is 4.92. The largest absolute Gasteiger partial charge is 0.388 e. The van der Waals surface area contributed by atoms with E-state index in [0.29, 0.717) is 11.3 Å². The van der Waals surface area contributed by atoms with Crippen LogP contribution in [0.5, 0.6) is 0 Å². The van der Waals surface area contributed by atoms with Crippen LogP contribution in [0, 0.1) is 11.3 Å². The number of rotatable bonds is 2. The molecule has 3 nitrogen and oxygen atoms in total. The van der Waals surface area contributed by atoms with Gasteiger partial charge in [0.1, 0.15) is 0 Å². The maximum atomic E-state index is 12.6. The van der Waals surface area contributed by atoms with E-state index in [1.54, 1.807) is 0 Å². The molecule has 1 atom stereocenters. The van der Waals surface area contributed by atoms with Crippen LogP contribution >= 0.6 is 0 Å². The van der Waals surface area contributed by atoms with Crippen LogP contribution in [0.1, 0.15) is 50.4 Å². The Morgan fingerprint density at radius 2 is 1.81 bits per heavy atom. The number of carbonyl (C=O) groups is 1. The topological polar surface area (TPSA) is 32.3 Å². The predicted octanol–water partition coefficient (Wildman–Crippen LogP) is 4.02. The molecule has 21 heavy (non-hydrogen) atoms. The van der Waals surface area contributed by atoms with Crippen LogP contribution < -0.4 is 5.32 Å². The summed E-state index contributed by atoms with van der Waals surface area (Å²) >= 11 is 0. The molecule has 1 unspecified atom stereocenters. The molecule has 1 fully saturated rings. The molecule has 1 aromatic rings. The number of benzene rings is 1. The first-order chi connectivity index (χ1) is 9.91. The lowest BCUT2D eigenvalue weighted by Gasteiger charge is -2.29. The Balaban J connectivity index is 2.02. The lowest BCUT2D eigenvalue weighted by molar-refractivity contribution is 0.0755. The fraction of sp³-hybridized carbons (Fsp3) is 0.611. The van der Waals surface area contributed by atoms with Gasteiger partial charge in [-0.05, 0) is 54.9 Å². The number of nitrogens with zero attached hydrogens (tertiary/aromatic N) is 1. The Hall–Kier alpha value is -1.51. The van der Waals surface area contributed by atoms with E-state index in [9.17, 15) is 4.79 Å². The molecular weight excluding hydrogens is 260 g/mol. The fourth-order valence-electron chi connectivity index (χ4n) is 3.13. The molecule has 0 aliphatic carbocycles. The average molecular weight is 288 g/mol. The van der Waals surface area contributed by atoms with Crippen molar-refractivity contribution < 1.29 is 4.79 Å². The zero-order valence-electron chi connectivity index (χ0n) is 13.8. The predicted molar refractivity (Wildman–Crippen MR) is 88.7 cm³/mol. The molecule has 0 spiro atoms. The van der Waals surface area contributed by atoms with Crippen molar-refractivity contribution in [1.82, 2.24) is 4.90 Å². The van der Waals surface area contributed by atoms with Crippen LogP contribution in [0.25, 0.3) is 0 Å². The Labute approximate surface area is 128 Å². The minimum Gasteiger partial charge on any atom is -0.388 e. The van der Waals surface area contributed by atoms with E-state index >= 15 is 0 Å². The second-order valence-corrected chi connectivity index (χ2v) is 7.11. The van der Waals surface area contributed by atoms with Crippen molar-refractivity contribution in [3.63, 3.8) is 0 Å². The van der Waals surface area contributed by atoms with Gasteiger partial charge in [0.25, 0.3) is 5.91 Å². The molecular formula is C18H28N2O. The third-order valence-corrected chi connectivity index (χ3v) is 4.66. The minimum atomic E-state index is 0.173. The molecule has 1 amide bonds. The lowest BCUT2D eigenvalue weighted by atomic mass is 9.77. The van der Waals surface area contributed by atoms with Gasteiger partial charge >= 0.3 is 0 Å². The lowest BCUT2D eigenvalue weighted by Crippen LogP contribution is -2.32. The summed E-state index contributed by atoms with van der Waals surface area (Å²) in [6, 6.07) is 7.76. The second kappa shape index (κ2) is 6.50. The van der Waals surface area contributed by atoms with Crippen molar-refractivity contribution in [2.24, 2.45) is 11.3 Å². The Bertz CT molecular complexity index is 473. The smallest absolute Gasteiger partial charge is 0.253 e. The van der Waals surface area contributed by atoms with Gasteiger partial charge in [-0.15, -0.1) is 0 Å². The third kappa shape index (κ3) is 3.99. The molecule has 3 heteroatoms. The van der Waals surface area contributed by atoms with Gasteiger partial charge in [0.15, 0.2) is 0 Å². The zero-order valence-corrected chi connectivity index (χ0v) is 13.8. The summed E-state index contributed by atoms with van der Waals surface area (Å²) in [5.41, 5.74) is 2.17. The van der Waals surface area contributed by atoms with Gasteiger partial charge in [0.2, 0.25) is 0 Å². The van der Waals surface area contributed by atoms with Gasteiger partial charge in [-0.25, -0.2) is 0 Å². The number of likely N-dealkylation sites (tertiary alicyclic amines) is 1. The summed E-state index contributed by atoms with van der Waals surface area (Å²) in [6.07, 6.45) is 3.46. The first kappa shape index (κ1) is 15.9. The number of anilines is 1. The van der Waals surface area contributed by atoms with E-state index in [1.165, 1.54) is 6.42 Å². The zero-order chi connectivity index (χ0) is 15.5. The summed E-state index contributed by atoms with van der Waals surface area (Å²) in [7, 11) is 1.89. The van der Waals surface area contributed by atoms with E-state index in [1.807, 2.05) is 36.2 Å². The van der Waals surface area contributed by atoms with E-state index < -0.39 is 0 Å². The van der Waals surface area contributed by atoms with Crippen LogP contribution in [-0.4, -0.2) is 30.9 Å². The van der Waals surface area contributed by atoms with E-state index in [0.717, 1.165) is 37.2 Å². The highest BCUT2D eigenvalue weighted by Crippen LogP contribution is 2.34. The monoisotopic (exact) mass is 288 g/mol. The molecule has 1 heterocycles.